The lowest BCUT2D eigenvalue weighted by Crippen LogP contribution is -2.49. The first-order valence-electron chi connectivity index (χ1n) is 14.4. The highest BCUT2D eigenvalue weighted by Crippen LogP contribution is 2.46. The van der Waals surface area contributed by atoms with Crippen molar-refractivity contribution in [2.75, 3.05) is 30.3 Å². The van der Waals surface area contributed by atoms with Crippen LogP contribution in [0, 0.1) is 11.8 Å². The van der Waals surface area contributed by atoms with Gasteiger partial charge in [0.1, 0.15) is 5.75 Å². The van der Waals surface area contributed by atoms with E-state index in [2.05, 4.69) is 21.8 Å². The summed E-state index contributed by atoms with van der Waals surface area (Å²) in [5.41, 5.74) is 3.35. The second-order valence-corrected chi connectivity index (χ2v) is 14.2. The molecule has 214 valence electrons. The number of anilines is 1. The molecule has 9 heteroatoms. The summed E-state index contributed by atoms with van der Waals surface area (Å²) in [5, 5.41) is 11.7. The molecule has 1 saturated carbocycles. The van der Waals surface area contributed by atoms with Gasteiger partial charge >= 0.3 is 0 Å². The number of fused-ring (bicyclic) bond motifs is 4. The van der Waals surface area contributed by atoms with Gasteiger partial charge in [-0.25, -0.2) is 13.1 Å². The molecule has 40 heavy (non-hydrogen) atoms. The van der Waals surface area contributed by atoms with Crippen molar-refractivity contribution < 1.29 is 23.1 Å². The minimum Gasteiger partial charge on any atom is -0.490 e. The lowest BCUT2D eigenvalue weighted by Gasteiger charge is -2.45. The van der Waals surface area contributed by atoms with Crippen molar-refractivity contribution in [2.24, 2.45) is 11.8 Å². The number of nitrogens with one attached hydrogen (secondary N) is 1. The van der Waals surface area contributed by atoms with Gasteiger partial charge in [-0.3, -0.25) is 4.79 Å². The monoisotopic (exact) mass is 584 g/mol. The molecule has 4 aliphatic rings. The third kappa shape index (κ3) is 5.50. The minimum absolute atomic E-state index is 0.119. The van der Waals surface area contributed by atoms with Crippen LogP contribution in [0.25, 0.3) is 0 Å². The molecular weight excluding hydrogens is 548 g/mol. The molecule has 2 aliphatic heterocycles. The van der Waals surface area contributed by atoms with Gasteiger partial charge in [0.25, 0.3) is 5.91 Å². The van der Waals surface area contributed by atoms with Crippen LogP contribution in [-0.4, -0.2) is 51.0 Å². The Hall–Kier alpha value is -2.55. The summed E-state index contributed by atoms with van der Waals surface area (Å²) in [6, 6.07) is 11.4. The van der Waals surface area contributed by atoms with Crippen LogP contribution in [0.15, 0.2) is 48.6 Å². The molecule has 1 amide bonds. The molecule has 7 nitrogen and oxygen atoms in total. The van der Waals surface area contributed by atoms with Gasteiger partial charge in [-0.05, 0) is 105 Å². The number of hydrogen-bond acceptors (Lipinski definition) is 6. The van der Waals surface area contributed by atoms with E-state index in [0.29, 0.717) is 49.6 Å². The number of amides is 1. The number of aryl methyl sites for hydroxylation is 1. The summed E-state index contributed by atoms with van der Waals surface area (Å²) in [7, 11) is -3.76. The standard InChI is InChI=1S/C31H37ClN2O5S/c32-24-10-12-26-21(16-24)6-5-14-31(26)19-34-18-23-8-11-25(23)28(35)7-3-1-2-4-15-40(37,38)33-30(36)22-9-13-29(39-20-31)27(34)17-22/h3,7,9-10,12-13,16-17,23,25,28,35H,1-2,4-6,8,11,14-15,18-20H2,(H,33,36)/b7-3+/t23-,25+,28+,31-/m0/s1. The SMILES string of the molecule is O=C1NS(=O)(=O)CCCC/C=C/[C@@H](O)[C@@H]2CC[C@H]2CN2C[C@@]3(CCCc4cc(Cl)ccc43)COc3ccc1cc32. The fraction of sp³-hybridized carbons (Fsp3) is 0.516. The molecule has 0 radical (unpaired) electrons. The molecule has 6 rings (SSSR count). The Bertz CT molecular complexity index is 1430. The Morgan fingerprint density at radius 1 is 1.10 bits per heavy atom. The second-order valence-electron chi connectivity index (χ2n) is 12.0. The van der Waals surface area contributed by atoms with E-state index in [4.69, 9.17) is 16.3 Å². The zero-order chi connectivity index (χ0) is 27.9. The van der Waals surface area contributed by atoms with Crippen molar-refractivity contribution in [2.45, 2.75) is 62.9 Å². The topological polar surface area (TPSA) is 95.9 Å². The number of nitrogens with zero attached hydrogens (tertiary/aromatic N) is 1. The van der Waals surface area contributed by atoms with Gasteiger partial charge in [0.05, 0.1) is 24.2 Å². The fourth-order valence-corrected chi connectivity index (χ4v) is 8.27. The number of benzene rings is 2. The lowest BCUT2D eigenvalue weighted by atomic mass is 9.68. The molecule has 2 aromatic carbocycles. The van der Waals surface area contributed by atoms with E-state index < -0.39 is 22.0 Å². The Morgan fingerprint density at radius 3 is 2.80 bits per heavy atom. The molecule has 2 aliphatic carbocycles. The van der Waals surface area contributed by atoms with E-state index in [9.17, 15) is 18.3 Å². The molecule has 1 fully saturated rings. The van der Waals surface area contributed by atoms with Crippen molar-refractivity contribution >= 4 is 33.2 Å². The van der Waals surface area contributed by atoms with Crippen LogP contribution in [0.2, 0.25) is 5.02 Å². The molecule has 0 aromatic heterocycles. The number of sulfonamides is 1. The number of ether oxygens (including phenoxy) is 1. The normalized spacial score (nSPS) is 30.9. The summed E-state index contributed by atoms with van der Waals surface area (Å²) >= 11 is 6.37. The number of halogens is 1. The maximum Gasteiger partial charge on any atom is 0.264 e. The molecule has 0 unspecified atom stereocenters. The van der Waals surface area contributed by atoms with Crippen LogP contribution in [0.1, 0.15) is 66.4 Å². The number of aliphatic hydroxyl groups excluding tert-OH is 1. The Balaban J connectivity index is 1.40. The summed E-state index contributed by atoms with van der Waals surface area (Å²) in [6.07, 6.45) is 10.1. The zero-order valence-corrected chi connectivity index (χ0v) is 24.2. The number of carbonyl (C=O) groups is 1. The van der Waals surface area contributed by atoms with Crippen molar-refractivity contribution in [1.82, 2.24) is 4.72 Å². The smallest absolute Gasteiger partial charge is 0.264 e. The third-order valence-electron chi connectivity index (χ3n) is 9.28. The van der Waals surface area contributed by atoms with Crippen LogP contribution < -0.4 is 14.4 Å². The first-order valence-corrected chi connectivity index (χ1v) is 16.5. The molecule has 1 spiro atoms. The van der Waals surface area contributed by atoms with E-state index in [1.807, 2.05) is 18.2 Å². The molecule has 2 N–H and O–H groups in total. The molecule has 4 atom stereocenters. The number of allylic oxidation sites excluding steroid dienone is 1. The van der Waals surface area contributed by atoms with Crippen LogP contribution >= 0.6 is 11.6 Å². The Labute approximate surface area is 241 Å². The van der Waals surface area contributed by atoms with Crippen LogP contribution in [-0.2, 0) is 21.9 Å². The van der Waals surface area contributed by atoms with E-state index in [1.165, 1.54) is 11.1 Å². The van der Waals surface area contributed by atoms with Crippen LogP contribution in [0.5, 0.6) is 5.75 Å². The highest BCUT2D eigenvalue weighted by atomic mass is 35.5. The van der Waals surface area contributed by atoms with Gasteiger partial charge < -0.3 is 14.7 Å². The predicted molar refractivity (Wildman–Crippen MR) is 157 cm³/mol. The predicted octanol–water partition coefficient (Wildman–Crippen LogP) is 5.00. The zero-order valence-electron chi connectivity index (χ0n) is 22.6. The van der Waals surface area contributed by atoms with Crippen molar-refractivity contribution in [3.05, 3.63) is 70.3 Å². The number of carbonyl (C=O) groups excluding carboxylic acids is 1. The maximum atomic E-state index is 13.1. The van der Waals surface area contributed by atoms with Gasteiger partial charge in [0, 0.05) is 29.1 Å². The van der Waals surface area contributed by atoms with Gasteiger partial charge in [-0.1, -0.05) is 29.8 Å². The molecule has 0 saturated heterocycles. The average Bonchev–Trinajstić information content (AvgIpc) is 3.05. The first-order chi connectivity index (χ1) is 19.2. The van der Waals surface area contributed by atoms with E-state index in [0.717, 1.165) is 49.4 Å². The van der Waals surface area contributed by atoms with Crippen LogP contribution in [0.4, 0.5) is 5.69 Å². The van der Waals surface area contributed by atoms with Crippen molar-refractivity contribution in [1.29, 1.82) is 0 Å². The summed E-state index contributed by atoms with van der Waals surface area (Å²) in [6.45, 7) is 1.93. The quantitative estimate of drug-likeness (QED) is 0.423. The molecular formula is C31H37ClN2O5S. The van der Waals surface area contributed by atoms with Gasteiger partial charge in [-0.15, -0.1) is 0 Å². The summed E-state index contributed by atoms with van der Waals surface area (Å²) in [4.78, 5) is 15.4. The lowest BCUT2D eigenvalue weighted by molar-refractivity contribution is 0.0456. The van der Waals surface area contributed by atoms with Gasteiger partial charge in [0.2, 0.25) is 10.0 Å². The Morgan fingerprint density at radius 2 is 1.98 bits per heavy atom. The number of aliphatic hydroxyl groups is 1. The fourth-order valence-electron chi connectivity index (χ4n) is 6.99. The van der Waals surface area contributed by atoms with Crippen molar-refractivity contribution in [3.63, 3.8) is 0 Å². The van der Waals surface area contributed by atoms with Gasteiger partial charge in [-0.2, -0.15) is 0 Å². The number of rotatable bonds is 0. The second kappa shape index (κ2) is 11.0. The number of hydrogen-bond donors (Lipinski definition) is 2. The highest BCUT2D eigenvalue weighted by molar-refractivity contribution is 7.90. The highest BCUT2D eigenvalue weighted by Gasteiger charge is 2.44. The maximum absolute atomic E-state index is 13.1. The molecule has 2 bridgehead atoms. The summed E-state index contributed by atoms with van der Waals surface area (Å²) < 4.78 is 34.0. The summed E-state index contributed by atoms with van der Waals surface area (Å²) in [5.74, 6) is 0.405. The van der Waals surface area contributed by atoms with Gasteiger partial charge in [0.15, 0.2) is 0 Å². The first kappa shape index (κ1) is 27.6. The van der Waals surface area contributed by atoms with Crippen molar-refractivity contribution in [3.8, 4) is 5.75 Å². The van der Waals surface area contributed by atoms with E-state index >= 15 is 0 Å². The Kier molecular flexibility index (Phi) is 7.61. The average molecular weight is 585 g/mol. The molecule has 2 heterocycles. The van der Waals surface area contributed by atoms with Crippen LogP contribution in [0.3, 0.4) is 0 Å². The minimum atomic E-state index is -3.76. The largest absolute Gasteiger partial charge is 0.490 e. The van der Waals surface area contributed by atoms with E-state index in [-0.39, 0.29) is 17.1 Å². The molecule has 2 aromatic rings. The van der Waals surface area contributed by atoms with E-state index in [1.54, 1.807) is 18.2 Å². The third-order valence-corrected chi connectivity index (χ3v) is 10.8.